The van der Waals surface area contributed by atoms with Crippen molar-refractivity contribution in [3.8, 4) is 6.01 Å². The van der Waals surface area contributed by atoms with Gasteiger partial charge in [-0.15, -0.1) is 11.3 Å². The first-order valence-electron chi connectivity index (χ1n) is 7.50. The second kappa shape index (κ2) is 8.38. The number of thiophene rings is 1. The minimum atomic E-state index is -3.73. The molecule has 0 aliphatic carbocycles. The molecule has 0 spiro atoms. The minimum absolute atomic E-state index is 0.103. The van der Waals surface area contributed by atoms with Crippen LogP contribution in [0.15, 0.2) is 16.3 Å². The van der Waals surface area contributed by atoms with Crippen molar-refractivity contribution in [1.29, 1.82) is 0 Å². The summed E-state index contributed by atoms with van der Waals surface area (Å²) in [6.45, 7) is 1.57. The summed E-state index contributed by atoms with van der Waals surface area (Å²) in [5.41, 5.74) is 0. The predicted octanol–water partition coefficient (Wildman–Crippen LogP) is 0.122. The summed E-state index contributed by atoms with van der Waals surface area (Å²) >= 11 is 1.08. The Hall–Kier alpha value is -2.31. The second-order valence-corrected chi connectivity index (χ2v) is 8.55. The van der Waals surface area contributed by atoms with Crippen molar-refractivity contribution in [2.75, 3.05) is 26.1 Å². The largest absolute Gasteiger partial charge is 0.467 e. The lowest BCUT2D eigenvalue weighted by Crippen LogP contribution is -2.24. The van der Waals surface area contributed by atoms with Crippen LogP contribution in [-0.2, 0) is 27.9 Å². The maximum atomic E-state index is 12.4. The van der Waals surface area contributed by atoms with Crippen LogP contribution in [0, 0.1) is 0 Å². The Balaban J connectivity index is 2.10. The van der Waals surface area contributed by atoms with E-state index in [4.69, 9.17) is 4.74 Å². The predicted molar refractivity (Wildman–Crippen MR) is 96.6 cm³/mol. The van der Waals surface area contributed by atoms with E-state index >= 15 is 0 Å². The molecule has 2 heterocycles. The maximum absolute atomic E-state index is 12.4. The van der Waals surface area contributed by atoms with Gasteiger partial charge in [0.25, 0.3) is 0 Å². The van der Waals surface area contributed by atoms with E-state index < -0.39 is 10.0 Å². The summed E-state index contributed by atoms with van der Waals surface area (Å²) in [6, 6.07) is 3.25. The van der Waals surface area contributed by atoms with Gasteiger partial charge >= 0.3 is 6.01 Å². The van der Waals surface area contributed by atoms with E-state index in [0.717, 1.165) is 16.2 Å². The number of sulfonamides is 1. The minimum Gasteiger partial charge on any atom is -0.467 e. The highest BCUT2D eigenvalue weighted by Gasteiger charge is 2.18. The fourth-order valence-corrected chi connectivity index (χ4v) is 4.12. The first kappa shape index (κ1) is 20.0. The Kier molecular flexibility index (Phi) is 6.45. The Morgan fingerprint density at radius 2 is 1.96 bits per heavy atom. The lowest BCUT2D eigenvalue weighted by atomic mass is 10.4. The normalized spacial score (nSPS) is 11.2. The molecule has 0 aliphatic heterocycles. The molecule has 0 radical (unpaired) electrons. The lowest BCUT2D eigenvalue weighted by molar-refractivity contribution is -0.119. The smallest absolute Gasteiger partial charge is 0.321 e. The zero-order valence-electron chi connectivity index (χ0n) is 14.8. The molecule has 12 heteroatoms. The number of methoxy groups -OCH3 is 1. The van der Waals surface area contributed by atoms with Crippen molar-refractivity contribution in [2.45, 2.75) is 24.2 Å². The summed E-state index contributed by atoms with van der Waals surface area (Å²) in [6.07, 6.45) is 0. The molecule has 0 atom stereocenters. The highest BCUT2D eigenvalue weighted by molar-refractivity contribution is 7.91. The SMILES string of the molecule is COc1nc(CNS(=O)(=O)c2ccc(CNC(C)=O)s2)nc(N(C)C)n1. The first-order chi connectivity index (χ1) is 12.2. The van der Waals surface area contributed by atoms with Gasteiger partial charge < -0.3 is 15.0 Å². The van der Waals surface area contributed by atoms with Gasteiger partial charge in [-0.25, -0.2) is 13.1 Å². The number of carbonyl (C=O) groups is 1. The molecule has 0 aromatic carbocycles. The van der Waals surface area contributed by atoms with Crippen LogP contribution in [0.1, 0.15) is 17.6 Å². The molecule has 0 bridgehead atoms. The highest BCUT2D eigenvalue weighted by Crippen LogP contribution is 2.21. The van der Waals surface area contributed by atoms with Crippen molar-refractivity contribution >= 4 is 33.2 Å². The number of amides is 1. The van der Waals surface area contributed by atoms with E-state index in [1.165, 1.54) is 20.1 Å². The second-order valence-electron chi connectivity index (χ2n) is 5.39. The molecule has 142 valence electrons. The van der Waals surface area contributed by atoms with Crippen molar-refractivity contribution in [3.63, 3.8) is 0 Å². The molecule has 0 aliphatic rings. The van der Waals surface area contributed by atoms with E-state index in [1.807, 2.05) is 0 Å². The van der Waals surface area contributed by atoms with Crippen LogP contribution in [-0.4, -0.2) is 50.5 Å². The number of anilines is 1. The van der Waals surface area contributed by atoms with Crippen LogP contribution in [0.25, 0.3) is 0 Å². The van der Waals surface area contributed by atoms with Crippen LogP contribution >= 0.6 is 11.3 Å². The molecule has 10 nitrogen and oxygen atoms in total. The molecule has 0 fully saturated rings. The summed E-state index contributed by atoms with van der Waals surface area (Å²) in [5, 5.41) is 2.62. The Labute approximate surface area is 155 Å². The van der Waals surface area contributed by atoms with Crippen molar-refractivity contribution in [2.24, 2.45) is 0 Å². The summed E-state index contributed by atoms with van der Waals surface area (Å²) in [7, 11) is 1.20. The van der Waals surface area contributed by atoms with E-state index in [-0.39, 0.29) is 35.0 Å². The number of nitrogens with one attached hydrogen (secondary N) is 2. The van der Waals surface area contributed by atoms with Gasteiger partial charge in [0.05, 0.1) is 20.2 Å². The standard InChI is InChI=1S/C14H20N6O4S2/c1-9(21)15-7-10-5-6-12(25-10)26(22,23)16-8-11-17-13(20(2)3)19-14(18-11)24-4/h5-6,16H,7-8H2,1-4H3,(H,15,21). The third kappa shape index (κ3) is 5.34. The average Bonchev–Trinajstić information content (AvgIpc) is 3.08. The van der Waals surface area contributed by atoms with Gasteiger partial charge in [0.1, 0.15) is 4.21 Å². The van der Waals surface area contributed by atoms with Gasteiger partial charge in [-0.3, -0.25) is 4.79 Å². The third-order valence-electron chi connectivity index (χ3n) is 3.07. The van der Waals surface area contributed by atoms with Crippen molar-refractivity contribution in [1.82, 2.24) is 25.0 Å². The zero-order chi connectivity index (χ0) is 19.3. The van der Waals surface area contributed by atoms with Gasteiger partial charge in [0, 0.05) is 25.9 Å². The Morgan fingerprint density at radius 1 is 1.23 bits per heavy atom. The summed E-state index contributed by atoms with van der Waals surface area (Å²) < 4.78 is 32.5. The van der Waals surface area contributed by atoms with Gasteiger partial charge in [-0.05, 0) is 12.1 Å². The molecule has 2 N–H and O–H groups in total. The fraction of sp³-hybridized carbons (Fsp3) is 0.429. The van der Waals surface area contributed by atoms with Crippen molar-refractivity contribution < 1.29 is 17.9 Å². The van der Waals surface area contributed by atoms with Crippen LogP contribution < -0.4 is 19.7 Å². The van der Waals surface area contributed by atoms with Gasteiger partial charge in [0.2, 0.25) is 21.9 Å². The fourth-order valence-electron chi connectivity index (χ4n) is 1.80. The molecule has 2 aromatic rings. The topological polar surface area (TPSA) is 126 Å². The number of hydrogen-bond donors (Lipinski definition) is 2. The third-order valence-corrected chi connectivity index (χ3v) is 6.04. The van der Waals surface area contributed by atoms with Gasteiger partial charge in [-0.2, -0.15) is 15.0 Å². The van der Waals surface area contributed by atoms with E-state index in [2.05, 4.69) is 25.0 Å². The first-order valence-corrected chi connectivity index (χ1v) is 9.80. The maximum Gasteiger partial charge on any atom is 0.321 e. The zero-order valence-corrected chi connectivity index (χ0v) is 16.4. The molecule has 2 rings (SSSR count). The summed E-state index contributed by atoms with van der Waals surface area (Å²) in [4.78, 5) is 25.6. The van der Waals surface area contributed by atoms with Crippen LogP contribution in [0.2, 0.25) is 0 Å². The number of nitrogens with zero attached hydrogens (tertiary/aromatic N) is 4. The van der Waals surface area contributed by atoms with E-state index in [0.29, 0.717) is 5.95 Å². The van der Waals surface area contributed by atoms with Crippen LogP contribution in [0.4, 0.5) is 5.95 Å². The van der Waals surface area contributed by atoms with E-state index in [9.17, 15) is 13.2 Å². The van der Waals surface area contributed by atoms with Gasteiger partial charge in [0.15, 0.2) is 5.82 Å². The van der Waals surface area contributed by atoms with Gasteiger partial charge in [-0.1, -0.05) is 0 Å². The molecule has 26 heavy (non-hydrogen) atoms. The van der Waals surface area contributed by atoms with Crippen LogP contribution in [0.3, 0.4) is 0 Å². The highest BCUT2D eigenvalue weighted by atomic mass is 32.2. The van der Waals surface area contributed by atoms with E-state index in [1.54, 1.807) is 25.1 Å². The monoisotopic (exact) mass is 400 g/mol. The molecule has 1 amide bonds. The Morgan fingerprint density at radius 3 is 2.58 bits per heavy atom. The average molecular weight is 400 g/mol. The number of hydrogen-bond acceptors (Lipinski definition) is 9. The molecule has 0 unspecified atom stereocenters. The number of aromatic nitrogens is 3. The molecular formula is C14H20N6O4S2. The molecule has 0 saturated heterocycles. The number of rotatable bonds is 8. The molecule has 0 saturated carbocycles. The summed E-state index contributed by atoms with van der Waals surface area (Å²) in [5.74, 6) is 0.417. The molecular weight excluding hydrogens is 380 g/mol. The molecule has 2 aromatic heterocycles. The van der Waals surface area contributed by atoms with Crippen molar-refractivity contribution in [3.05, 3.63) is 22.8 Å². The number of ether oxygens (including phenoxy) is 1. The number of carbonyl (C=O) groups excluding carboxylic acids is 1. The van der Waals surface area contributed by atoms with Crippen LogP contribution in [0.5, 0.6) is 6.01 Å². The quantitative estimate of drug-likeness (QED) is 0.640. The lowest BCUT2D eigenvalue weighted by Gasteiger charge is -2.12. The Bertz CT molecular complexity index is 881.